The lowest BCUT2D eigenvalue weighted by atomic mass is 10.1. The average molecular weight is 298 g/mol. The van der Waals surface area contributed by atoms with Crippen molar-refractivity contribution in [3.8, 4) is 0 Å². The van der Waals surface area contributed by atoms with E-state index in [1.54, 1.807) is 12.1 Å². The third-order valence-corrected chi connectivity index (χ3v) is 4.02. The molecule has 0 spiro atoms. The summed E-state index contributed by atoms with van der Waals surface area (Å²) >= 11 is 0. The number of rotatable bonds is 3. The van der Waals surface area contributed by atoms with Crippen LogP contribution in [-0.4, -0.2) is 31.1 Å². The van der Waals surface area contributed by atoms with E-state index in [2.05, 4.69) is 23.3 Å². The van der Waals surface area contributed by atoms with Crippen molar-refractivity contribution >= 4 is 5.69 Å². The Morgan fingerprint density at radius 2 is 1.81 bits per heavy atom. The second kappa shape index (κ2) is 6.00. The summed E-state index contributed by atoms with van der Waals surface area (Å²) in [5.74, 6) is 0. The van der Waals surface area contributed by atoms with Gasteiger partial charge in [0.15, 0.2) is 0 Å². The highest BCUT2D eigenvalue weighted by atomic mass is 19.4. The molecule has 1 heterocycles. The first-order valence-electron chi connectivity index (χ1n) is 7.18. The molecule has 1 aromatic rings. The summed E-state index contributed by atoms with van der Waals surface area (Å²) < 4.78 is 38.3. The summed E-state index contributed by atoms with van der Waals surface area (Å²) in [6.45, 7) is 11.0. The molecule has 1 aromatic carbocycles. The molecule has 0 aromatic heterocycles. The Morgan fingerprint density at radius 1 is 1.19 bits per heavy atom. The highest BCUT2D eigenvalue weighted by Gasteiger charge is 2.32. The van der Waals surface area contributed by atoms with Crippen LogP contribution in [0, 0.1) is 6.92 Å². The van der Waals surface area contributed by atoms with Crippen LogP contribution in [0.25, 0.3) is 0 Å². The largest absolute Gasteiger partial charge is 0.416 e. The fraction of sp³-hybridized carbons (Fsp3) is 0.500. The molecule has 2 nitrogen and oxygen atoms in total. The molecule has 0 atom stereocenters. The number of alkyl halides is 3. The molecule has 0 radical (unpaired) electrons. The summed E-state index contributed by atoms with van der Waals surface area (Å²) in [7, 11) is 0. The van der Waals surface area contributed by atoms with Crippen molar-refractivity contribution in [2.24, 2.45) is 0 Å². The van der Waals surface area contributed by atoms with Crippen LogP contribution in [0.4, 0.5) is 18.9 Å². The lowest BCUT2D eigenvalue weighted by Gasteiger charge is -2.38. The third-order valence-electron chi connectivity index (χ3n) is 4.02. The summed E-state index contributed by atoms with van der Waals surface area (Å²) in [5, 5.41) is 0. The minimum absolute atomic E-state index is 0.278. The molecule has 0 aliphatic carbocycles. The summed E-state index contributed by atoms with van der Waals surface area (Å²) in [5.41, 5.74) is 1.71. The monoisotopic (exact) mass is 298 g/mol. The fourth-order valence-electron chi connectivity index (χ4n) is 2.67. The number of piperazine rings is 1. The van der Waals surface area contributed by atoms with Gasteiger partial charge in [-0.1, -0.05) is 13.5 Å². The zero-order valence-electron chi connectivity index (χ0n) is 12.5. The van der Waals surface area contributed by atoms with Gasteiger partial charge in [-0.25, -0.2) is 0 Å². The standard InChI is InChI=1S/C16H21F3N2/c1-4-13(3)20-7-9-21(10-8-20)14-5-6-15(12(2)11-14)16(17,18)19/h5-6,11H,3-4,7-10H2,1-2H3. The Kier molecular flexibility index (Phi) is 4.49. The SMILES string of the molecule is C=C(CC)N1CCN(c2ccc(C(F)(F)F)c(C)c2)CC1. The van der Waals surface area contributed by atoms with Gasteiger partial charge in [0.2, 0.25) is 0 Å². The number of hydrogen-bond acceptors (Lipinski definition) is 2. The van der Waals surface area contributed by atoms with E-state index in [9.17, 15) is 13.2 Å². The first kappa shape index (κ1) is 15.7. The lowest BCUT2D eigenvalue weighted by molar-refractivity contribution is -0.138. The Hall–Kier alpha value is -1.65. The van der Waals surface area contributed by atoms with E-state index in [1.165, 1.54) is 13.0 Å². The molecule has 1 saturated heterocycles. The van der Waals surface area contributed by atoms with Gasteiger partial charge in [0.25, 0.3) is 0 Å². The maximum absolute atomic E-state index is 12.8. The van der Waals surface area contributed by atoms with Gasteiger partial charge in [-0.05, 0) is 37.1 Å². The molecule has 0 amide bonds. The predicted octanol–water partition coefficient (Wildman–Crippen LogP) is 4.06. The van der Waals surface area contributed by atoms with Crippen molar-refractivity contribution in [2.75, 3.05) is 31.1 Å². The number of benzene rings is 1. The lowest BCUT2D eigenvalue weighted by Crippen LogP contribution is -2.45. The summed E-state index contributed by atoms with van der Waals surface area (Å²) in [6.07, 6.45) is -3.35. The Balaban J connectivity index is 2.08. The molecule has 2 rings (SSSR count). The molecule has 0 saturated carbocycles. The Morgan fingerprint density at radius 3 is 2.29 bits per heavy atom. The zero-order valence-corrected chi connectivity index (χ0v) is 12.5. The van der Waals surface area contributed by atoms with Crippen LogP contribution in [0.1, 0.15) is 24.5 Å². The number of halogens is 3. The first-order chi connectivity index (χ1) is 9.82. The Labute approximate surface area is 123 Å². The van der Waals surface area contributed by atoms with Crippen molar-refractivity contribution in [3.05, 3.63) is 41.6 Å². The minimum atomic E-state index is -4.28. The highest BCUT2D eigenvalue weighted by Crippen LogP contribution is 2.33. The van der Waals surface area contributed by atoms with Crippen LogP contribution < -0.4 is 4.90 Å². The molecule has 0 N–H and O–H groups in total. The number of anilines is 1. The van der Waals surface area contributed by atoms with Crippen LogP contribution in [0.5, 0.6) is 0 Å². The fourth-order valence-corrected chi connectivity index (χ4v) is 2.67. The van der Waals surface area contributed by atoms with Crippen molar-refractivity contribution in [3.63, 3.8) is 0 Å². The normalized spacial score (nSPS) is 16.2. The molecule has 5 heteroatoms. The smallest absolute Gasteiger partial charge is 0.372 e. The molecule has 1 aliphatic heterocycles. The average Bonchev–Trinajstić information content (AvgIpc) is 2.45. The van der Waals surface area contributed by atoms with Crippen molar-refractivity contribution < 1.29 is 13.2 Å². The molecular weight excluding hydrogens is 277 g/mol. The van der Waals surface area contributed by atoms with E-state index in [0.29, 0.717) is 0 Å². The molecule has 0 bridgehead atoms. The van der Waals surface area contributed by atoms with Gasteiger partial charge in [-0.15, -0.1) is 0 Å². The summed E-state index contributed by atoms with van der Waals surface area (Å²) in [6, 6.07) is 4.38. The van der Waals surface area contributed by atoms with Crippen LogP contribution in [0.2, 0.25) is 0 Å². The van der Waals surface area contributed by atoms with Crippen LogP contribution >= 0.6 is 0 Å². The van der Waals surface area contributed by atoms with Crippen LogP contribution in [0.15, 0.2) is 30.5 Å². The Bertz CT molecular complexity index is 515. The second-order valence-electron chi connectivity index (χ2n) is 5.39. The zero-order chi connectivity index (χ0) is 15.6. The molecule has 1 aliphatic rings. The van der Waals surface area contributed by atoms with Crippen LogP contribution in [-0.2, 0) is 6.18 Å². The minimum Gasteiger partial charge on any atom is -0.372 e. The second-order valence-corrected chi connectivity index (χ2v) is 5.39. The number of hydrogen-bond donors (Lipinski definition) is 0. The molecule has 21 heavy (non-hydrogen) atoms. The van der Waals surface area contributed by atoms with E-state index in [4.69, 9.17) is 0 Å². The van der Waals surface area contributed by atoms with Crippen molar-refractivity contribution in [1.29, 1.82) is 0 Å². The van der Waals surface area contributed by atoms with E-state index < -0.39 is 11.7 Å². The maximum Gasteiger partial charge on any atom is 0.416 e. The van der Waals surface area contributed by atoms with E-state index in [0.717, 1.165) is 44.0 Å². The van der Waals surface area contributed by atoms with Crippen molar-refractivity contribution in [2.45, 2.75) is 26.4 Å². The van der Waals surface area contributed by atoms with Gasteiger partial charge in [-0.2, -0.15) is 13.2 Å². The molecule has 1 fully saturated rings. The van der Waals surface area contributed by atoms with E-state index >= 15 is 0 Å². The molecule has 116 valence electrons. The van der Waals surface area contributed by atoms with Gasteiger partial charge in [0.05, 0.1) is 5.56 Å². The highest BCUT2D eigenvalue weighted by molar-refractivity contribution is 5.51. The molecular formula is C16H21F3N2. The third kappa shape index (κ3) is 3.52. The number of aryl methyl sites for hydroxylation is 1. The van der Waals surface area contributed by atoms with Gasteiger partial charge in [0.1, 0.15) is 0 Å². The van der Waals surface area contributed by atoms with Gasteiger partial charge in [0, 0.05) is 37.6 Å². The van der Waals surface area contributed by atoms with Gasteiger partial charge in [-0.3, -0.25) is 0 Å². The van der Waals surface area contributed by atoms with Gasteiger partial charge < -0.3 is 9.80 Å². The van der Waals surface area contributed by atoms with E-state index in [-0.39, 0.29) is 5.56 Å². The van der Waals surface area contributed by atoms with Gasteiger partial charge >= 0.3 is 6.18 Å². The number of nitrogens with zero attached hydrogens (tertiary/aromatic N) is 2. The topological polar surface area (TPSA) is 6.48 Å². The van der Waals surface area contributed by atoms with E-state index in [1.807, 2.05) is 0 Å². The quantitative estimate of drug-likeness (QED) is 0.830. The van der Waals surface area contributed by atoms with Crippen LogP contribution in [0.3, 0.4) is 0 Å². The summed E-state index contributed by atoms with van der Waals surface area (Å²) in [4.78, 5) is 4.38. The number of allylic oxidation sites excluding steroid dienone is 1. The molecule has 0 unspecified atom stereocenters. The first-order valence-corrected chi connectivity index (χ1v) is 7.18. The van der Waals surface area contributed by atoms with Crippen molar-refractivity contribution in [1.82, 2.24) is 4.90 Å². The maximum atomic E-state index is 12.8. The predicted molar refractivity (Wildman–Crippen MR) is 79.4 cm³/mol.